The van der Waals surface area contributed by atoms with Crippen LogP contribution in [0.4, 0.5) is 4.39 Å². The quantitative estimate of drug-likeness (QED) is 0.647. The lowest BCUT2D eigenvalue weighted by atomic mass is 9.90. The zero-order valence-corrected chi connectivity index (χ0v) is 8.76. The molecule has 0 saturated heterocycles. The van der Waals surface area contributed by atoms with E-state index in [9.17, 15) is 4.39 Å². The van der Waals surface area contributed by atoms with Gasteiger partial charge in [0.25, 0.3) is 0 Å². The molecule has 0 radical (unpaired) electrons. The number of rotatable bonds is 2. The normalized spacial score (nSPS) is 13.4. The molecule has 0 N–H and O–H groups in total. The minimum absolute atomic E-state index is 0.0926. The smallest absolute Gasteiger partial charge is 0.126 e. The third-order valence-electron chi connectivity index (χ3n) is 2.72. The Morgan fingerprint density at radius 2 is 1.77 bits per heavy atom. The molecular weight excluding hydrogens is 163 g/mol. The average molecular weight is 180 g/mol. The summed E-state index contributed by atoms with van der Waals surface area (Å²) in [7, 11) is 0. The summed E-state index contributed by atoms with van der Waals surface area (Å²) in [6, 6.07) is 5.52. The summed E-state index contributed by atoms with van der Waals surface area (Å²) in [5, 5.41) is 0. The minimum Gasteiger partial charge on any atom is -0.207 e. The van der Waals surface area contributed by atoms with Gasteiger partial charge in [0.1, 0.15) is 5.82 Å². The van der Waals surface area contributed by atoms with E-state index in [0.29, 0.717) is 11.8 Å². The van der Waals surface area contributed by atoms with E-state index < -0.39 is 0 Å². The van der Waals surface area contributed by atoms with Crippen molar-refractivity contribution in [1.29, 1.82) is 0 Å². The van der Waals surface area contributed by atoms with Gasteiger partial charge in [-0.05, 0) is 36.0 Å². The van der Waals surface area contributed by atoms with Gasteiger partial charge in [-0.2, -0.15) is 0 Å². The highest BCUT2D eigenvalue weighted by Crippen LogP contribution is 2.24. The Balaban J connectivity index is 2.97. The van der Waals surface area contributed by atoms with Gasteiger partial charge >= 0.3 is 0 Å². The molecule has 0 saturated carbocycles. The van der Waals surface area contributed by atoms with Crippen LogP contribution in [0.5, 0.6) is 0 Å². The van der Waals surface area contributed by atoms with E-state index >= 15 is 0 Å². The molecule has 0 aromatic heterocycles. The lowest BCUT2D eigenvalue weighted by Gasteiger charge is -2.16. The van der Waals surface area contributed by atoms with Crippen LogP contribution in [0.2, 0.25) is 0 Å². The average Bonchev–Trinajstić information content (AvgIpc) is 2.08. The molecule has 0 aliphatic rings. The molecule has 1 aromatic carbocycles. The summed E-state index contributed by atoms with van der Waals surface area (Å²) in [4.78, 5) is 0. The van der Waals surface area contributed by atoms with Gasteiger partial charge in [0.05, 0.1) is 0 Å². The second-order valence-electron chi connectivity index (χ2n) is 4.04. The van der Waals surface area contributed by atoms with Crippen LogP contribution >= 0.6 is 0 Å². The van der Waals surface area contributed by atoms with Crippen molar-refractivity contribution in [3.05, 3.63) is 35.1 Å². The number of halogens is 1. The summed E-state index contributed by atoms with van der Waals surface area (Å²) in [6.45, 7) is 8.23. The predicted molar refractivity (Wildman–Crippen MR) is 54.4 cm³/mol. The van der Waals surface area contributed by atoms with Gasteiger partial charge in [0, 0.05) is 0 Å². The Hall–Kier alpha value is -0.850. The molecule has 0 bridgehead atoms. The van der Waals surface area contributed by atoms with Gasteiger partial charge in [-0.3, -0.25) is 0 Å². The van der Waals surface area contributed by atoms with Gasteiger partial charge in [-0.1, -0.05) is 32.9 Å². The second-order valence-corrected chi connectivity index (χ2v) is 4.04. The maximum Gasteiger partial charge on any atom is 0.126 e. The van der Waals surface area contributed by atoms with Crippen LogP contribution in [0.25, 0.3) is 0 Å². The predicted octanol–water partition coefficient (Wildman–Crippen LogP) is 3.89. The van der Waals surface area contributed by atoms with Crippen molar-refractivity contribution >= 4 is 0 Å². The highest BCUT2D eigenvalue weighted by molar-refractivity contribution is 5.25. The van der Waals surface area contributed by atoms with Crippen molar-refractivity contribution < 1.29 is 4.39 Å². The van der Waals surface area contributed by atoms with Crippen LogP contribution in [0.15, 0.2) is 18.2 Å². The number of aryl methyl sites for hydroxylation is 1. The molecule has 0 aliphatic carbocycles. The molecule has 1 aromatic rings. The van der Waals surface area contributed by atoms with Crippen LogP contribution in [0.1, 0.15) is 37.8 Å². The molecule has 0 spiro atoms. The van der Waals surface area contributed by atoms with E-state index in [4.69, 9.17) is 0 Å². The molecule has 1 rings (SSSR count). The molecule has 1 heteroatoms. The molecule has 1 atom stereocenters. The number of benzene rings is 1. The van der Waals surface area contributed by atoms with Crippen molar-refractivity contribution in [3.8, 4) is 0 Å². The van der Waals surface area contributed by atoms with Crippen LogP contribution in [-0.2, 0) is 0 Å². The van der Waals surface area contributed by atoms with Crippen LogP contribution < -0.4 is 0 Å². The zero-order chi connectivity index (χ0) is 10.0. The number of hydrogen-bond acceptors (Lipinski definition) is 0. The summed E-state index contributed by atoms with van der Waals surface area (Å²) < 4.78 is 13.2. The SMILES string of the molecule is Cc1ccc([C@@H](C)C(C)C)cc1F. The van der Waals surface area contributed by atoms with Gasteiger partial charge < -0.3 is 0 Å². The lowest BCUT2D eigenvalue weighted by Crippen LogP contribution is -2.02. The summed E-state index contributed by atoms with van der Waals surface area (Å²) in [5.74, 6) is 0.891. The molecular formula is C12H17F. The molecule has 0 unspecified atom stereocenters. The molecule has 0 amide bonds. The van der Waals surface area contributed by atoms with E-state index in [1.54, 1.807) is 13.0 Å². The third kappa shape index (κ3) is 2.30. The first-order valence-electron chi connectivity index (χ1n) is 4.78. The highest BCUT2D eigenvalue weighted by Gasteiger charge is 2.10. The van der Waals surface area contributed by atoms with Gasteiger partial charge in [-0.25, -0.2) is 4.39 Å². The summed E-state index contributed by atoms with van der Waals surface area (Å²) in [5.41, 5.74) is 1.82. The van der Waals surface area contributed by atoms with Crippen LogP contribution in [0.3, 0.4) is 0 Å². The summed E-state index contributed by atoms with van der Waals surface area (Å²) >= 11 is 0. The van der Waals surface area contributed by atoms with Crippen molar-refractivity contribution in [2.75, 3.05) is 0 Å². The monoisotopic (exact) mass is 180 g/mol. The molecule has 0 aliphatic heterocycles. The molecule has 0 nitrogen and oxygen atoms in total. The standard InChI is InChI=1S/C12H17F/c1-8(2)10(4)11-6-5-9(3)12(13)7-11/h5-8,10H,1-4H3/t10-/m0/s1. The molecule has 0 fully saturated rings. The van der Waals surface area contributed by atoms with Gasteiger partial charge in [0.2, 0.25) is 0 Å². The zero-order valence-electron chi connectivity index (χ0n) is 8.76. The highest BCUT2D eigenvalue weighted by atomic mass is 19.1. The Kier molecular flexibility index (Phi) is 3.07. The first-order valence-corrected chi connectivity index (χ1v) is 4.78. The Bertz CT molecular complexity index is 289. The summed E-state index contributed by atoms with van der Waals surface area (Å²) in [6.07, 6.45) is 0. The molecule has 13 heavy (non-hydrogen) atoms. The number of hydrogen-bond donors (Lipinski definition) is 0. The fourth-order valence-electron chi connectivity index (χ4n) is 1.28. The molecule has 72 valence electrons. The first-order chi connectivity index (χ1) is 6.02. The van der Waals surface area contributed by atoms with E-state index in [-0.39, 0.29) is 5.82 Å². The third-order valence-corrected chi connectivity index (χ3v) is 2.72. The fraction of sp³-hybridized carbons (Fsp3) is 0.500. The van der Waals surface area contributed by atoms with Crippen molar-refractivity contribution in [2.24, 2.45) is 5.92 Å². The van der Waals surface area contributed by atoms with Crippen LogP contribution in [-0.4, -0.2) is 0 Å². The van der Waals surface area contributed by atoms with E-state index in [0.717, 1.165) is 11.1 Å². The topological polar surface area (TPSA) is 0 Å². The molecule has 0 heterocycles. The van der Waals surface area contributed by atoms with Crippen molar-refractivity contribution in [2.45, 2.75) is 33.6 Å². The van der Waals surface area contributed by atoms with E-state index in [2.05, 4.69) is 20.8 Å². The van der Waals surface area contributed by atoms with E-state index in [1.807, 2.05) is 12.1 Å². The minimum atomic E-state index is -0.0926. The Labute approximate surface area is 79.8 Å². The maximum absolute atomic E-state index is 13.2. The van der Waals surface area contributed by atoms with Crippen molar-refractivity contribution in [1.82, 2.24) is 0 Å². The van der Waals surface area contributed by atoms with Gasteiger partial charge in [-0.15, -0.1) is 0 Å². The van der Waals surface area contributed by atoms with Gasteiger partial charge in [0.15, 0.2) is 0 Å². The van der Waals surface area contributed by atoms with Crippen molar-refractivity contribution in [3.63, 3.8) is 0 Å². The lowest BCUT2D eigenvalue weighted by molar-refractivity contribution is 0.529. The van der Waals surface area contributed by atoms with Crippen LogP contribution in [0, 0.1) is 18.7 Å². The Morgan fingerprint density at radius 1 is 1.15 bits per heavy atom. The van der Waals surface area contributed by atoms with E-state index in [1.165, 1.54) is 0 Å². The Morgan fingerprint density at radius 3 is 2.23 bits per heavy atom. The first kappa shape index (κ1) is 10.2. The fourth-order valence-corrected chi connectivity index (χ4v) is 1.28. The largest absolute Gasteiger partial charge is 0.207 e. The second kappa shape index (κ2) is 3.91. The maximum atomic E-state index is 13.2.